The topological polar surface area (TPSA) is 63.2 Å². The van der Waals surface area contributed by atoms with Gasteiger partial charge in [-0.3, -0.25) is 9.78 Å². The van der Waals surface area contributed by atoms with Gasteiger partial charge < -0.3 is 15.4 Å². The first-order valence-corrected chi connectivity index (χ1v) is 8.04. The van der Waals surface area contributed by atoms with Crippen LogP contribution in [-0.4, -0.2) is 30.1 Å². The monoisotopic (exact) mass is 329 g/mol. The number of hydrogen-bond acceptors (Lipinski definition) is 4. The summed E-state index contributed by atoms with van der Waals surface area (Å²) >= 11 is 0. The van der Waals surface area contributed by atoms with E-state index in [9.17, 15) is 9.18 Å². The van der Waals surface area contributed by atoms with Crippen LogP contribution in [0, 0.1) is 5.82 Å². The zero-order chi connectivity index (χ0) is 16.8. The predicted octanol–water partition coefficient (Wildman–Crippen LogP) is 2.74. The van der Waals surface area contributed by atoms with Crippen molar-refractivity contribution in [3.63, 3.8) is 0 Å². The fraction of sp³-hybridized carbons (Fsp3) is 0.333. The van der Waals surface area contributed by atoms with Crippen molar-refractivity contribution < 1.29 is 13.9 Å². The SMILES string of the molecule is O=C(NCC1CCCO1)c1cncc(NCc2ccccc2F)c1. The molecule has 5 nitrogen and oxygen atoms in total. The summed E-state index contributed by atoms with van der Waals surface area (Å²) in [4.78, 5) is 16.3. The highest BCUT2D eigenvalue weighted by Gasteiger charge is 2.16. The quantitative estimate of drug-likeness (QED) is 0.855. The Bertz CT molecular complexity index is 702. The average Bonchev–Trinajstić information content (AvgIpc) is 3.13. The first kappa shape index (κ1) is 16.4. The summed E-state index contributed by atoms with van der Waals surface area (Å²) in [6.07, 6.45) is 5.24. The van der Waals surface area contributed by atoms with Crippen molar-refractivity contribution in [1.29, 1.82) is 0 Å². The Morgan fingerprint density at radius 2 is 2.21 bits per heavy atom. The van der Waals surface area contributed by atoms with Crippen molar-refractivity contribution in [2.75, 3.05) is 18.5 Å². The van der Waals surface area contributed by atoms with Crippen molar-refractivity contribution in [2.24, 2.45) is 0 Å². The van der Waals surface area contributed by atoms with E-state index >= 15 is 0 Å². The number of rotatable bonds is 6. The molecule has 2 heterocycles. The maximum Gasteiger partial charge on any atom is 0.253 e. The van der Waals surface area contributed by atoms with Crippen LogP contribution in [0.15, 0.2) is 42.7 Å². The third-order valence-electron chi connectivity index (χ3n) is 3.96. The normalized spacial score (nSPS) is 16.8. The Morgan fingerprint density at radius 1 is 1.33 bits per heavy atom. The van der Waals surface area contributed by atoms with Gasteiger partial charge in [0.25, 0.3) is 5.91 Å². The van der Waals surface area contributed by atoms with E-state index in [0.29, 0.717) is 29.9 Å². The number of ether oxygens (including phenoxy) is 1. The Kier molecular flexibility index (Phi) is 5.38. The van der Waals surface area contributed by atoms with E-state index in [0.717, 1.165) is 19.4 Å². The van der Waals surface area contributed by atoms with E-state index in [1.165, 1.54) is 12.3 Å². The van der Waals surface area contributed by atoms with Gasteiger partial charge in [-0.2, -0.15) is 0 Å². The van der Waals surface area contributed by atoms with E-state index < -0.39 is 0 Å². The van der Waals surface area contributed by atoms with Crippen LogP contribution >= 0.6 is 0 Å². The molecular formula is C18H20FN3O2. The number of nitrogens with zero attached hydrogens (tertiary/aromatic N) is 1. The van der Waals surface area contributed by atoms with Gasteiger partial charge in [0, 0.05) is 37.7 Å². The van der Waals surface area contributed by atoms with Crippen LogP contribution in [0.3, 0.4) is 0 Å². The molecule has 1 saturated heterocycles. The fourth-order valence-electron chi connectivity index (χ4n) is 2.61. The number of pyridine rings is 1. The van der Waals surface area contributed by atoms with Gasteiger partial charge in [0.15, 0.2) is 0 Å². The summed E-state index contributed by atoms with van der Waals surface area (Å²) in [6, 6.07) is 8.28. The summed E-state index contributed by atoms with van der Waals surface area (Å²) in [5, 5.41) is 5.95. The maximum absolute atomic E-state index is 13.6. The fourth-order valence-corrected chi connectivity index (χ4v) is 2.61. The number of carbonyl (C=O) groups is 1. The van der Waals surface area contributed by atoms with Crippen LogP contribution in [0.2, 0.25) is 0 Å². The molecule has 1 unspecified atom stereocenters. The first-order chi connectivity index (χ1) is 11.7. The summed E-state index contributed by atoms with van der Waals surface area (Å²) in [5.41, 5.74) is 1.69. The van der Waals surface area contributed by atoms with Gasteiger partial charge in [0.2, 0.25) is 0 Å². The highest BCUT2D eigenvalue weighted by Crippen LogP contribution is 2.13. The lowest BCUT2D eigenvalue weighted by atomic mass is 10.2. The lowest BCUT2D eigenvalue weighted by molar-refractivity contribution is 0.0857. The molecule has 0 saturated carbocycles. The second-order valence-electron chi connectivity index (χ2n) is 5.75. The Labute approximate surface area is 140 Å². The van der Waals surface area contributed by atoms with Crippen LogP contribution in [-0.2, 0) is 11.3 Å². The molecule has 1 aliphatic heterocycles. The van der Waals surface area contributed by atoms with Crippen LogP contribution < -0.4 is 10.6 Å². The number of aromatic nitrogens is 1. The molecule has 126 valence electrons. The second-order valence-corrected chi connectivity index (χ2v) is 5.75. The van der Waals surface area contributed by atoms with Crippen molar-refractivity contribution in [3.8, 4) is 0 Å². The number of anilines is 1. The molecule has 1 aromatic carbocycles. The van der Waals surface area contributed by atoms with Gasteiger partial charge in [-0.05, 0) is 25.0 Å². The van der Waals surface area contributed by atoms with E-state index in [-0.39, 0.29) is 17.8 Å². The molecule has 24 heavy (non-hydrogen) atoms. The lowest BCUT2D eigenvalue weighted by Crippen LogP contribution is -2.31. The van der Waals surface area contributed by atoms with Crippen molar-refractivity contribution in [2.45, 2.75) is 25.5 Å². The highest BCUT2D eigenvalue weighted by atomic mass is 19.1. The average molecular weight is 329 g/mol. The smallest absolute Gasteiger partial charge is 0.253 e. The van der Waals surface area contributed by atoms with E-state index in [4.69, 9.17) is 4.74 Å². The summed E-state index contributed by atoms with van der Waals surface area (Å²) in [6.45, 7) is 1.60. The molecule has 0 radical (unpaired) electrons. The predicted molar refractivity (Wildman–Crippen MR) is 89.3 cm³/mol. The molecule has 1 aromatic heterocycles. The molecule has 1 amide bonds. The van der Waals surface area contributed by atoms with Gasteiger partial charge >= 0.3 is 0 Å². The molecular weight excluding hydrogens is 309 g/mol. The third-order valence-corrected chi connectivity index (χ3v) is 3.96. The Morgan fingerprint density at radius 3 is 3.00 bits per heavy atom. The lowest BCUT2D eigenvalue weighted by Gasteiger charge is -2.12. The van der Waals surface area contributed by atoms with E-state index in [1.54, 1.807) is 30.5 Å². The van der Waals surface area contributed by atoms with Crippen molar-refractivity contribution in [1.82, 2.24) is 10.3 Å². The third kappa shape index (κ3) is 4.29. The molecule has 2 N–H and O–H groups in total. The molecule has 1 fully saturated rings. The minimum atomic E-state index is -0.261. The minimum Gasteiger partial charge on any atom is -0.380 e. The van der Waals surface area contributed by atoms with Gasteiger partial charge in [-0.25, -0.2) is 4.39 Å². The van der Waals surface area contributed by atoms with Gasteiger partial charge in [0.1, 0.15) is 5.82 Å². The summed E-state index contributed by atoms with van der Waals surface area (Å²) < 4.78 is 19.1. The zero-order valence-corrected chi connectivity index (χ0v) is 13.3. The minimum absolute atomic E-state index is 0.101. The molecule has 1 atom stereocenters. The highest BCUT2D eigenvalue weighted by molar-refractivity contribution is 5.94. The molecule has 0 spiro atoms. The number of hydrogen-bond donors (Lipinski definition) is 2. The Balaban J connectivity index is 1.57. The molecule has 0 aliphatic carbocycles. The molecule has 3 rings (SSSR count). The van der Waals surface area contributed by atoms with Gasteiger partial charge in [0.05, 0.1) is 17.4 Å². The van der Waals surface area contributed by atoms with Crippen LogP contribution in [0.4, 0.5) is 10.1 Å². The number of nitrogens with one attached hydrogen (secondary N) is 2. The van der Waals surface area contributed by atoms with Gasteiger partial charge in [-0.1, -0.05) is 18.2 Å². The largest absolute Gasteiger partial charge is 0.380 e. The summed E-state index contributed by atoms with van der Waals surface area (Å²) in [7, 11) is 0. The van der Waals surface area contributed by atoms with E-state index in [1.807, 2.05) is 0 Å². The number of halogens is 1. The van der Waals surface area contributed by atoms with Crippen LogP contribution in [0.5, 0.6) is 0 Å². The Hall–Kier alpha value is -2.47. The van der Waals surface area contributed by atoms with Gasteiger partial charge in [-0.15, -0.1) is 0 Å². The van der Waals surface area contributed by atoms with Crippen LogP contribution in [0.1, 0.15) is 28.8 Å². The zero-order valence-electron chi connectivity index (χ0n) is 13.3. The second kappa shape index (κ2) is 7.88. The number of amides is 1. The number of benzene rings is 1. The first-order valence-electron chi connectivity index (χ1n) is 8.04. The standard InChI is InChI=1S/C18H20FN3O2/c19-17-6-2-1-4-13(17)10-21-15-8-14(9-20-11-15)18(23)22-12-16-5-3-7-24-16/h1-2,4,6,8-9,11,16,21H,3,5,7,10,12H2,(H,22,23). The number of carbonyl (C=O) groups excluding carboxylic acids is 1. The van der Waals surface area contributed by atoms with Crippen molar-refractivity contribution in [3.05, 3.63) is 59.7 Å². The molecule has 1 aliphatic rings. The summed E-state index contributed by atoms with van der Waals surface area (Å²) in [5.74, 6) is -0.448. The molecule has 2 aromatic rings. The van der Waals surface area contributed by atoms with E-state index in [2.05, 4.69) is 15.6 Å². The van der Waals surface area contributed by atoms with Crippen LogP contribution in [0.25, 0.3) is 0 Å². The maximum atomic E-state index is 13.6. The molecule has 6 heteroatoms. The van der Waals surface area contributed by atoms with Crippen molar-refractivity contribution >= 4 is 11.6 Å². The molecule has 0 bridgehead atoms.